The van der Waals surface area contributed by atoms with Crippen molar-refractivity contribution in [3.8, 4) is 16.9 Å². The Bertz CT molecular complexity index is 513. The number of benzene rings is 2. The van der Waals surface area contributed by atoms with E-state index in [0.29, 0.717) is 0 Å². The van der Waals surface area contributed by atoms with E-state index in [0.717, 1.165) is 16.7 Å². The SMILES string of the molecule is CC.Cc1ccc(-c2ccc(OC(F)(F)F)cc2)cc1. The topological polar surface area (TPSA) is 9.23 Å². The van der Waals surface area contributed by atoms with Crippen molar-refractivity contribution in [2.24, 2.45) is 0 Å². The zero-order chi connectivity index (χ0) is 15.2. The Hall–Kier alpha value is -1.97. The highest BCUT2D eigenvalue weighted by Crippen LogP contribution is 2.26. The third-order valence-corrected chi connectivity index (χ3v) is 2.47. The van der Waals surface area contributed by atoms with Gasteiger partial charge in [-0.15, -0.1) is 13.2 Å². The molecule has 0 fully saturated rings. The van der Waals surface area contributed by atoms with Gasteiger partial charge in [-0.1, -0.05) is 55.8 Å². The zero-order valence-corrected chi connectivity index (χ0v) is 11.7. The van der Waals surface area contributed by atoms with Crippen LogP contribution in [0.15, 0.2) is 48.5 Å². The Morgan fingerprint density at radius 2 is 1.15 bits per heavy atom. The van der Waals surface area contributed by atoms with Gasteiger partial charge < -0.3 is 4.74 Å². The van der Waals surface area contributed by atoms with Crippen molar-refractivity contribution in [2.75, 3.05) is 0 Å². The van der Waals surface area contributed by atoms with Crippen molar-refractivity contribution in [3.05, 3.63) is 54.1 Å². The lowest BCUT2D eigenvalue weighted by atomic mass is 10.0. The van der Waals surface area contributed by atoms with Crippen LogP contribution >= 0.6 is 0 Å². The van der Waals surface area contributed by atoms with Gasteiger partial charge in [-0.2, -0.15) is 0 Å². The number of halogens is 3. The highest BCUT2D eigenvalue weighted by atomic mass is 19.4. The minimum absolute atomic E-state index is 0.210. The van der Waals surface area contributed by atoms with Gasteiger partial charge in [0.25, 0.3) is 0 Å². The number of hydrogen-bond acceptors (Lipinski definition) is 1. The molecule has 2 aromatic carbocycles. The van der Waals surface area contributed by atoms with E-state index in [1.807, 2.05) is 45.0 Å². The fourth-order valence-corrected chi connectivity index (χ4v) is 1.60. The van der Waals surface area contributed by atoms with Crippen LogP contribution in [0.3, 0.4) is 0 Å². The smallest absolute Gasteiger partial charge is 0.406 e. The Morgan fingerprint density at radius 3 is 1.55 bits per heavy atom. The fourth-order valence-electron chi connectivity index (χ4n) is 1.60. The Morgan fingerprint density at radius 1 is 0.750 bits per heavy atom. The first-order valence-corrected chi connectivity index (χ1v) is 6.37. The molecule has 0 aliphatic carbocycles. The molecule has 0 amide bonds. The van der Waals surface area contributed by atoms with E-state index in [1.165, 1.54) is 12.1 Å². The fraction of sp³-hybridized carbons (Fsp3) is 0.250. The number of aryl methyl sites for hydroxylation is 1. The summed E-state index contributed by atoms with van der Waals surface area (Å²) in [5, 5.41) is 0. The molecule has 2 aromatic rings. The Labute approximate surface area is 117 Å². The summed E-state index contributed by atoms with van der Waals surface area (Å²) in [7, 11) is 0. The average molecular weight is 282 g/mol. The molecular weight excluding hydrogens is 265 g/mol. The van der Waals surface area contributed by atoms with Crippen LogP contribution in [0.2, 0.25) is 0 Å². The molecule has 2 rings (SSSR count). The van der Waals surface area contributed by atoms with E-state index in [4.69, 9.17) is 0 Å². The first-order valence-electron chi connectivity index (χ1n) is 6.37. The second-order valence-electron chi connectivity index (χ2n) is 3.94. The summed E-state index contributed by atoms with van der Waals surface area (Å²) in [6.07, 6.45) is -4.65. The highest BCUT2D eigenvalue weighted by molar-refractivity contribution is 5.64. The average Bonchev–Trinajstić information content (AvgIpc) is 2.41. The van der Waals surface area contributed by atoms with E-state index < -0.39 is 6.36 Å². The quantitative estimate of drug-likeness (QED) is 0.698. The lowest BCUT2D eigenvalue weighted by Crippen LogP contribution is -2.16. The first kappa shape index (κ1) is 16.1. The molecule has 0 atom stereocenters. The van der Waals surface area contributed by atoms with Gasteiger partial charge >= 0.3 is 6.36 Å². The monoisotopic (exact) mass is 282 g/mol. The summed E-state index contributed by atoms with van der Waals surface area (Å²) in [6, 6.07) is 13.6. The molecule has 0 bridgehead atoms. The molecule has 0 N–H and O–H groups in total. The van der Waals surface area contributed by atoms with Crippen LogP contribution in [0.5, 0.6) is 5.75 Å². The van der Waals surface area contributed by atoms with Crippen molar-refractivity contribution >= 4 is 0 Å². The second kappa shape index (κ2) is 6.98. The summed E-state index contributed by atoms with van der Waals surface area (Å²) in [5.74, 6) is -0.210. The van der Waals surface area contributed by atoms with Gasteiger partial charge in [0.15, 0.2) is 0 Å². The van der Waals surface area contributed by atoms with Crippen LogP contribution in [0.4, 0.5) is 13.2 Å². The summed E-state index contributed by atoms with van der Waals surface area (Å²) in [4.78, 5) is 0. The van der Waals surface area contributed by atoms with Crippen molar-refractivity contribution in [1.29, 1.82) is 0 Å². The molecular formula is C16H17F3O. The third-order valence-electron chi connectivity index (χ3n) is 2.47. The van der Waals surface area contributed by atoms with Crippen LogP contribution in [-0.2, 0) is 0 Å². The molecule has 4 heteroatoms. The summed E-state index contributed by atoms with van der Waals surface area (Å²) in [5.41, 5.74) is 2.94. The summed E-state index contributed by atoms with van der Waals surface area (Å²) < 4.78 is 39.8. The number of rotatable bonds is 2. The summed E-state index contributed by atoms with van der Waals surface area (Å²) in [6.45, 7) is 5.98. The van der Waals surface area contributed by atoms with Crippen LogP contribution in [-0.4, -0.2) is 6.36 Å². The van der Waals surface area contributed by atoms with Gasteiger partial charge in [-0.05, 0) is 30.2 Å². The molecule has 0 aliphatic heterocycles. The van der Waals surface area contributed by atoms with Gasteiger partial charge in [0.05, 0.1) is 0 Å². The highest BCUT2D eigenvalue weighted by Gasteiger charge is 2.30. The van der Waals surface area contributed by atoms with Crippen molar-refractivity contribution < 1.29 is 17.9 Å². The Balaban J connectivity index is 0.000000956. The molecule has 0 saturated carbocycles. The largest absolute Gasteiger partial charge is 0.573 e. The summed E-state index contributed by atoms with van der Waals surface area (Å²) >= 11 is 0. The second-order valence-corrected chi connectivity index (χ2v) is 3.94. The molecule has 0 unspecified atom stereocenters. The van der Waals surface area contributed by atoms with Gasteiger partial charge in [0.1, 0.15) is 5.75 Å². The van der Waals surface area contributed by atoms with Crippen LogP contribution < -0.4 is 4.74 Å². The third kappa shape index (κ3) is 4.96. The van der Waals surface area contributed by atoms with Crippen LogP contribution in [0.1, 0.15) is 19.4 Å². The minimum Gasteiger partial charge on any atom is -0.406 e. The van der Waals surface area contributed by atoms with E-state index in [9.17, 15) is 13.2 Å². The number of ether oxygens (including phenoxy) is 1. The van der Waals surface area contributed by atoms with Gasteiger partial charge in [-0.3, -0.25) is 0 Å². The van der Waals surface area contributed by atoms with Crippen LogP contribution in [0, 0.1) is 6.92 Å². The number of alkyl halides is 3. The molecule has 0 aliphatic rings. The molecule has 20 heavy (non-hydrogen) atoms. The maximum Gasteiger partial charge on any atom is 0.573 e. The molecule has 0 aromatic heterocycles. The predicted octanol–water partition coefficient (Wildman–Crippen LogP) is 5.59. The van der Waals surface area contributed by atoms with Crippen LogP contribution in [0.25, 0.3) is 11.1 Å². The van der Waals surface area contributed by atoms with E-state index >= 15 is 0 Å². The molecule has 0 heterocycles. The molecule has 0 radical (unpaired) electrons. The van der Waals surface area contributed by atoms with E-state index in [2.05, 4.69) is 4.74 Å². The van der Waals surface area contributed by atoms with E-state index in [1.54, 1.807) is 12.1 Å². The minimum atomic E-state index is -4.65. The Kier molecular flexibility index (Phi) is 5.62. The lowest BCUT2D eigenvalue weighted by molar-refractivity contribution is -0.274. The maximum absolute atomic E-state index is 12.0. The molecule has 0 saturated heterocycles. The zero-order valence-electron chi connectivity index (χ0n) is 11.7. The lowest BCUT2D eigenvalue weighted by Gasteiger charge is -2.09. The standard InChI is InChI=1S/C14H11F3O.C2H6/c1-10-2-4-11(5-3-10)12-6-8-13(9-7-12)18-14(15,16)17;1-2/h2-9H,1H3;1-2H3. The molecule has 1 nitrogen and oxygen atoms in total. The molecule has 0 spiro atoms. The van der Waals surface area contributed by atoms with Crippen molar-refractivity contribution in [2.45, 2.75) is 27.1 Å². The normalized spacial score (nSPS) is 10.5. The van der Waals surface area contributed by atoms with Gasteiger partial charge in [-0.25, -0.2) is 0 Å². The van der Waals surface area contributed by atoms with Crippen molar-refractivity contribution in [1.82, 2.24) is 0 Å². The number of hydrogen-bond donors (Lipinski definition) is 0. The van der Waals surface area contributed by atoms with Crippen molar-refractivity contribution in [3.63, 3.8) is 0 Å². The first-order chi connectivity index (χ1) is 9.44. The van der Waals surface area contributed by atoms with Gasteiger partial charge in [0, 0.05) is 0 Å². The maximum atomic E-state index is 12.0. The van der Waals surface area contributed by atoms with E-state index in [-0.39, 0.29) is 5.75 Å². The predicted molar refractivity (Wildman–Crippen MR) is 74.6 cm³/mol. The van der Waals surface area contributed by atoms with Gasteiger partial charge in [0.2, 0.25) is 0 Å². The molecule has 108 valence electrons.